The fraction of sp³-hybridized carbons (Fsp3) is 0.889. The molecule has 0 bridgehead atoms. The molecule has 1 fully saturated rings. The maximum absolute atomic E-state index is 10.9. The van der Waals surface area contributed by atoms with Crippen molar-refractivity contribution < 1.29 is 19.7 Å². The minimum Gasteiger partial charge on any atom is -0.394 e. The second kappa shape index (κ2) is 5.41. The molecule has 0 aromatic heterocycles. The summed E-state index contributed by atoms with van der Waals surface area (Å²) in [5.41, 5.74) is 0. The van der Waals surface area contributed by atoms with Gasteiger partial charge in [0.2, 0.25) is 5.91 Å². The summed E-state index contributed by atoms with van der Waals surface area (Å²) in [5, 5.41) is 24.1. The van der Waals surface area contributed by atoms with Crippen molar-refractivity contribution >= 4 is 5.91 Å². The molecule has 2 unspecified atom stereocenters. The van der Waals surface area contributed by atoms with Gasteiger partial charge < -0.3 is 20.3 Å². The first-order chi connectivity index (χ1) is 7.08. The molecule has 0 aromatic carbocycles. The van der Waals surface area contributed by atoms with Gasteiger partial charge in [-0.2, -0.15) is 0 Å². The molecule has 6 nitrogen and oxygen atoms in total. The lowest BCUT2D eigenvalue weighted by Crippen LogP contribution is -2.59. The molecule has 0 saturated carbocycles. The predicted molar refractivity (Wildman–Crippen MR) is 53.0 cm³/mol. The molecule has 0 radical (unpaired) electrons. The standard InChI is InChI=1S/C9H18N2O4/c1-5(13)11-6-3-7(14)8(4-12)15-9(6)10-2/h6-10,12,14H,3-4H2,1-2H3,(H,11,13)/t6?,7-,8+,9?/m0/s1. The van der Waals surface area contributed by atoms with Gasteiger partial charge in [0.05, 0.1) is 18.8 Å². The monoisotopic (exact) mass is 218 g/mol. The molecule has 1 rings (SSSR count). The predicted octanol–water partition coefficient (Wildman–Crippen LogP) is -1.82. The summed E-state index contributed by atoms with van der Waals surface area (Å²) in [7, 11) is 1.70. The minimum atomic E-state index is -0.753. The quantitative estimate of drug-likeness (QED) is 0.448. The molecule has 1 amide bonds. The first-order valence-corrected chi connectivity index (χ1v) is 4.97. The fourth-order valence-electron chi connectivity index (χ4n) is 1.74. The van der Waals surface area contributed by atoms with E-state index >= 15 is 0 Å². The van der Waals surface area contributed by atoms with Crippen LogP contribution < -0.4 is 10.6 Å². The number of carbonyl (C=O) groups excluding carboxylic acids is 1. The number of carbonyl (C=O) groups is 1. The molecule has 1 heterocycles. The lowest BCUT2D eigenvalue weighted by molar-refractivity contribution is -0.157. The van der Waals surface area contributed by atoms with Crippen LogP contribution in [0.2, 0.25) is 0 Å². The number of hydrogen-bond donors (Lipinski definition) is 4. The van der Waals surface area contributed by atoms with E-state index in [1.54, 1.807) is 7.05 Å². The Morgan fingerprint density at radius 1 is 1.60 bits per heavy atom. The van der Waals surface area contributed by atoms with Crippen LogP contribution in [0, 0.1) is 0 Å². The first-order valence-electron chi connectivity index (χ1n) is 4.97. The van der Waals surface area contributed by atoms with E-state index in [0.29, 0.717) is 6.42 Å². The van der Waals surface area contributed by atoms with E-state index in [2.05, 4.69) is 10.6 Å². The summed E-state index contributed by atoms with van der Waals surface area (Å²) in [6.45, 7) is 1.18. The van der Waals surface area contributed by atoms with E-state index in [1.165, 1.54) is 6.92 Å². The van der Waals surface area contributed by atoms with Crippen molar-refractivity contribution in [2.45, 2.75) is 37.8 Å². The average molecular weight is 218 g/mol. The lowest BCUT2D eigenvalue weighted by Gasteiger charge is -2.38. The first kappa shape index (κ1) is 12.4. The zero-order valence-corrected chi connectivity index (χ0v) is 8.93. The number of nitrogens with one attached hydrogen (secondary N) is 2. The Hall–Kier alpha value is -0.690. The molecule has 4 atom stereocenters. The van der Waals surface area contributed by atoms with Crippen molar-refractivity contribution in [3.63, 3.8) is 0 Å². The molecule has 0 aromatic rings. The third kappa shape index (κ3) is 3.13. The maximum Gasteiger partial charge on any atom is 0.217 e. The number of rotatable bonds is 3. The van der Waals surface area contributed by atoms with E-state index in [0.717, 1.165) is 0 Å². The highest BCUT2D eigenvalue weighted by Crippen LogP contribution is 2.18. The van der Waals surface area contributed by atoms with Crippen molar-refractivity contribution in [2.75, 3.05) is 13.7 Å². The Kier molecular flexibility index (Phi) is 4.46. The van der Waals surface area contributed by atoms with Crippen molar-refractivity contribution in [1.29, 1.82) is 0 Å². The Morgan fingerprint density at radius 3 is 2.73 bits per heavy atom. The van der Waals surface area contributed by atoms with Crippen LogP contribution >= 0.6 is 0 Å². The topological polar surface area (TPSA) is 90.8 Å². The van der Waals surface area contributed by atoms with Gasteiger partial charge in [-0.15, -0.1) is 0 Å². The summed E-state index contributed by atoms with van der Waals surface area (Å²) in [6, 6.07) is -0.273. The Labute approximate surface area is 88.6 Å². The number of aliphatic hydroxyl groups excluding tert-OH is 2. The van der Waals surface area contributed by atoms with Gasteiger partial charge in [0, 0.05) is 6.92 Å². The molecule has 0 spiro atoms. The summed E-state index contributed by atoms with van der Waals surface area (Å²) in [5.74, 6) is -0.168. The van der Waals surface area contributed by atoms with Crippen LogP contribution in [-0.4, -0.2) is 54.3 Å². The molecule has 1 saturated heterocycles. The van der Waals surface area contributed by atoms with E-state index in [1.807, 2.05) is 0 Å². The molecule has 15 heavy (non-hydrogen) atoms. The van der Waals surface area contributed by atoms with Crippen molar-refractivity contribution in [3.8, 4) is 0 Å². The van der Waals surface area contributed by atoms with Crippen molar-refractivity contribution in [3.05, 3.63) is 0 Å². The average Bonchev–Trinajstić information content (AvgIpc) is 2.17. The number of aliphatic hydroxyl groups is 2. The number of amides is 1. The number of ether oxygens (including phenoxy) is 1. The van der Waals surface area contributed by atoms with Crippen molar-refractivity contribution in [1.82, 2.24) is 10.6 Å². The molecular formula is C9H18N2O4. The van der Waals surface area contributed by atoms with Gasteiger partial charge in [-0.3, -0.25) is 10.1 Å². The number of hydrogen-bond acceptors (Lipinski definition) is 5. The highest BCUT2D eigenvalue weighted by molar-refractivity contribution is 5.73. The Bertz CT molecular complexity index is 224. The Morgan fingerprint density at radius 2 is 2.27 bits per heavy atom. The third-order valence-corrected chi connectivity index (χ3v) is 2.46. The molecule has 6 heteroatoms. The van der Waals surface area contributed by atoms with Crippen LogP contribution in [-0.2, 0) is 9.53 Å². The largest absolute Gasteiger partial charge is 0.394 e. The van der Waals surface area contributed by atoms with Crippen LogP contribution in [0.5, 0.6) is 0 Å². The highest BCUT2D eigenvalue weighted by atomic mass is 16.5. The lowest BCUT2D eigenvalue weighted by atomic mass is 9.99. The van der Waals surface area contributed by atoms with Gasteiger partial charge in [-0.05, 0) is 13.5 Å². The van der Waals surface area contributed by atoms with E-state index in [9.17, 15) is 9.90 Å². The van der Waals surface area contributed by atoms with Gasteiger partial charge in [0.25, 0.3) is 0 Å². The molecule has 88 valence electrons. The molecule has 1 aliphatic rings. The minimum absolute atomic E-state index is 0.168. The molecule has 4 N–H and O–H groups in total. The zero-order chi connectivity index (χ0) is 11.4. The third-order valence-electron chi connectivity index (χ3n) is 2.46. The van der Waals surface area contributed by atoms with Gasteiger partial charge in [-0.25, -0.2) is 0 Å². The van der Waals surface area contributed by atoms with E-state index < -0.39 is 12.2 Å². The SMILES string of the molecule is CNC1O[C@H](CO)[C@@H](O)CC1NC(C)=O. The normalized spacial score (nSPS) is 36.3. The van der Waals surface area contributed by atoms with Gasteiger partial charge in [-0.1, -0.05) is 0 Å². The summed E-state index contributed by atoms with van der Waals surface area (Å²) in [6.07, 6.45) is -1.35. The second-order valence-electron chi connectivity index (χ2n) is 3.68. The van der Waals surface area contributed by atoms with Crippen LogP contribution in [0.25, 0.3) is 0 Å². The smallest absolute Gasteiger partial charge is 0.217 e. The second-order valence-corrected chi connectivity index (χ2v) is 3.68. The van der Waals surface area contributed by atoms with Gasteiger partial charge in [0.1, 0.15) is 12.3 Å². The van der Waals surface area contributed by atoms with Crippen LogP contribution in [0.3, 0.4) is 0 Å². The fourth-order valence-corrected chi connectivity index (χ4v) is 1.74. The van der Waals surface area contributed by atoms with Crippen LogP contribution in [0.1, 0.15) is 13.3 Å². The zero-order valence-electron chi connectivity index (χ0n) is 8.93. The summed E-state index contributed by atoms with van der Waals surface area (Å²) >= 11 is 0. The van der Waals surface area contributed by atoms with Crippen LogP contribution in [0.4, 0.5) is 0 Å². The van der Waals surface area contributed by atoms with Gasteiger partial charge in [0.15, 0.2) is 0 Å². The van der Waals surface area contributed by atoms with E-state index in [-0.39, 0.29) is 24.8 Å². The summed E-state index contributed by atoms with van der Waals surface area (Å²) < 4.78 is 5.38. The summed E-state index contributed by atoms with van der Waals surface area (Å²) in [4.78, 5) is 10.9. The highest BCUT2D eigenvalue weighted by Gasteiger charge is 2.36. The number of likely N-dealkylation sites (N-methyl/N-ethyl adjacent to an activating group) is 1. The molecular weight excluding hydrogens is 200 g/mol. The van der Waals surface area contributed by atoms with Crippen molar-refractivity contribution in [2.24, 2.45) is 0 Å². The maximum atomic E-state index is 10.9. The molecule has 1 aliphatic heterocycles. The van der Waals surface area contributed by atoms with Gasteiger partial charge >= 0.3 is 0 Å². The van der Waals surface area contributed by atoms with Crippen LogP contribution in [0.15, 0.2) is 0 Å². The van der Waals surface area contributed by atoms with E-state index in [4.69, 9.17) is 9.84 Å². The Balaban J connectivity index is 2.60. The molecule has 0 aliphatic carbocycles.